The molecule has 5 nitrogen and oxygen atoms in total. The van der Waals surface area contributed by atoms with Crippen molar-refractivity contribution < 1.29 is 23.8 Å². The van der Waals surface area contributed by atoms with Crippen molar-refractivity contribution in [1.29, 1.82) is 0 Å². The Morgan fingerprint density at radius 3 is 2.43 bits per heavy atom. The van der Waals surface area contributed by atoms with E-state index in [0.717, 1.165) is 0 Å². The fraction of sp³-hybridized carbons (Fsp3) is 0.533. The summed E-state index contributed by atoms with van der Waals surface area (Å²) in [5.74, 6) is -0.225. The minimum Gasteiger partial charge on any atom is -0.478 e. The average molecular weight is 299 g/mol. The molecule has 0 fully saturated rings. The number of carbonyl (C=O) groups excluding carboxylic acids is 1. The molecule has 0 aliphatic rings. The number of halogens is 1. The highest BCUT2D eigenvalue weighted by atomic mass is 19.1. The third kappa shape index (κ3) is 5.32. The molecule has 21 heavy (non-hydrogen) atoms. The number of hydrogen-bond donors (Lipinski definition) is 1. The van der Waals surface area contributed by atoms with E-state index in [0.29, 0.717) is 18.9 Å². The summed E-state index contributed by atoms with van der Waals surface area (Å²) < 4.78 is 23.5. The predicted molar refractivity (Wildman–Crippen MR) is 76.6 cm³/mol. The lowest BCUT2D eigenvalue weighted by molar-refractivity contribution is -0.146. The number of ether oxygens (including phenoxy) is 2. The van der Waals surface area contributed by atoms with Gasteiger partial charge in [0.25, 0.3) is 5.91 Å². The van der Waals surface area contributed by atoms with Crippen molar-refractivity contribution in [3.63, 3.8) is 0 Å². The summed E-state index contributed by atoms with van der Waals surface area (Å²) >= 11 is 0. The molecule has 6 heteroatoms. The van der Waals surface area contributed by atoms with Gasteiger partial charge in [0.05, 0.1) is 13.2 Å². The molecule has 1 aromatic rings. The van der Waals surface area contributed by atoms with Crippen LogP contribution in [0.25, 0.3) is 0 Å². The van der Waals surface area contributed by atoms with Gasteiger partial charge >= 0.3 is 0 Å². The van der Waals surface area contributed by atoms with Crippen LogP contribution in [0, 0.1) is 5.82 Å². The number of carbonyl (C=O) groups is 1. The summed E-state index contributed by atoms with van der Waals surface area (Å²) in [6.07, 6.45) is 0. The van der Waals surface area contributed by atoms with Crippen molar-refractivity contribution in [3.05, 3.63) is 30.1 Å². The van der Waals surface area contributed by atoms with Crippen LogP contribution < -0.4 is 4.74 Å². The molecule has 0 bridgehead atoms. The first-order valence-corrected chi connectivity index (χ1v) is 6.74. The molecule has 118 valence electrons. The van der Waals surface area contributed by atoms with Crippen LogP contribution in [0.5, 0.6) is 5.75 Å². The molecule has 0 atom stereocenters. The molecule has 0 radical (unpaired) electrons. The largest absolute Gasteiger partial charge is 0.478 e. The molecule has 1 amide bonds. The Kier molecular flexibility index (Phi) is 6.58. The minimum atomic E-state index is -1.12. The fourth-order valence-corrected chi connectivity index (χ4v) is 1.86. The second-order valence-corrected chi connectivity index (χ2v) is 5.07. The molecule has 1 N–H and O–H groups in total. The highest BCUT2D eigenvalue weighted by molar-refractivity contribution is 5.84. The molecule has 0 aliphatic carbocycles. The lowest BCUT2D eigenvalue weighted by Gasteiger charge is -2.32. The fourth-order valence-electron chi connectivity index (χ4n) is 1.86. The van der Waals surface area contributed by atoms with E-state index in [1.807, 2.05) is 0 Å². The zero-order valence-corrected chi connectivity index (χ0v) is 12.6. The van der Waals surface area contributed by atoms with E-state index >= 15 is 0 Å². The SMILES string of the molecule is COCCN(CCO)C(=O)C(C)(C)Oc1ccc(F)cc1. The summed E-state index contributed by atoms with van der Waals surface area (Å²) in [5.41, 5.74) is -1.12. The Morgan fingerprint density at radius 2 is 1.90 bits per heavy atom. The van der Waals surface area contributed by atoms with E-state index in [1.54, 1.807) is 21.0 Å². The molecule has 0 aromatic heterocycles. The predicted octanol–water partition coefficient (Wildman–Crippen LogP) is 1.45. The summed E-state index contributed by atoms with van der Waals surface area (Å²) in [7, 11) is 1.54. The summed E-state index contributed by atoms with van der Waals surface area (Å²) in [4.78, 5) is 14.0. The van der Waals surface area contributed by atoms with Gasteiger partial charge in [-0.3, -0.25) is 4.79 Å². The smallest absolute Gasteiger partial charge is 0.266 e. The van der Waals surface area contributed by atoms with Crippen molar-refractivity contribution >= 4 is 5.91 Å². The second kappa shape index (κ2) is 7.95. The number of methoxy groups -OCH3 is 1. The molecule has 0 aliphatic heterocycles. The number of amides is 1. The number of hydrogen-bond acceptors (Lipinski definition) is 4. The molecule has 0 spiro atoms. The van der Waals surface area contributed by atoms with Gasteiger partial charge < -0.3 is 19.5 Å². The Morgan fingerprint density at radius 1 is 1.29 bits per heavy atom. The van der Waals surface area contributed by atoms with Crippen LogP contribution >= 0.6 is 0 Å². The first-order valence-electron chi connectivity index (χ1n) is 6.74. The van der Waals surface area contributed by atoms with Crippen molar-refractivity contribution in [2.45, 2.75) is 19.4 Å². The first kappa shape index (κ1) is 17.4. The normalized spacial score (nSPS) is 11.3. The van der Waals surface area contributed by atoms with Gasteiger partial charge in [0.1, 0.15) is 11.6 Å². The molecule has 1 rings (SSSR count). The van der Waals surface area contributed by atoms with Crippen molar-refractivity contribution in [2.75, 3.05) is 33.4 Å². The number of rotatable bonds is 8. The Balaban J connectivity index is 2.77. The molecular formula is C15H22FNO4. The number of benzene rings is 1. The van der Waals surface area contributed by atoms with Gasteiger partial charge in [-0.2, -0.15) is 0 Å². The van der Waals surface area contributed by atoms with Gasteiger partial charge in [-0.25, -0.2) is 4.39 Å². The van der Waals surface area contributed by atoms with Crippen LogP contribution in [0.1, 0.15) is 13.8 Å². The van der Waals surface area contributed by atoms with E-state index < -0.39 is 5.60 Å². The highest BCUT2D eigenvalue weighted by Gasteiger charge is 2.34. The van der Waals surface area contributed by atoms with Gasteiger partial charge in [0, 0.05) is 20.2 Å². The zero-order valence-electron chi connectivity index (χ0n) is 12.6. The molecule has 0 unspecified atom stereocenters. The molecular weight excluding hydrogens is 277 g/mol. The van der Waals surface area contributed by atoms with E-state index in [1.165, 1.54) is 29.2 Å². The first-order chi connectivity index (χ1) is 9.90. The van der Waals surface area contributed by atoms with Crippen LogP contribution in [-0.4, -0.2) is 54.9 Å². The van der Waals surface area contributed by atoms with E-state index in [-0.39, 0.29) is 24.9 Å². The van der Waals surface area contributed by atoms with Crippen LogP contribution in [0.3, 0.4) is 0 Å². The zero-order chi connectivity index (χ0) is 15.9. The third-order valence-corrected chi connectivity index (χ3v) is 2.92. The quantitative estimate of drug-likeness (QED) is 0.789. The topological polar surface area (TPSA) is 59.0 Å². The standard InChI is InChI=1S/C15H22FNO4/c1-15(2,21-13-6-4-12(16)5-7-13)14(19)17(8-10-18)9-11-20-3/h4-7,18H,8-11H2,1-3H3. The van der Waals surface area contributed by atoms with Gasteiger partial charge in [0.2, 0.25) is 0 Å². The van der Waals surface area contributed by atoms with Crippen LogP contribution in [0.4, 0.5) is 4.39 Å². The lowest BCUT2D eigenvalue weighted by atomic mass is 10.1. The third-order valence-electron chi connectivity index (χ3n) is 2.92. The average Bonchev–Trinajstić information content (AvgIpc) is 2.45. The van der Waals surface area contributed by atoms with E-state index in [4.69, 9.17) is 14.6 Å². The molecule has 1 aromatic carbocycles. The van der Waals surface area contributed by atoms with E-state index in [9.17, 15) is 9.18 Å². The summed E-state index contributed by atoms with van der Waals surface area (Å²) in [5, 5.41) is 9.05. The highest BCUT2D eigenvalue weighted by Crippen LogP contribution is 2.20. The summed E-state index contributed by atoms with van der Waals surface area (Å²) in [6.45, 7) is 4.08. The van der Waals surface area contributed by atoms with Gasteiger partial charge in [-0.15, -0.1) is 0 Å². The Labute approximate surface area is 124 Å². The maximum Gasteiger partial charge on any atom is 0.266 e. The Bertz CT molecular complexity index is 447. The molecule has 0 saturated heterocycles. The molecule has 0 saturated carbocycles. The maximum absolute atomic E-state index is 12.9. The maximum atomic E-state index is 12.9. The Hall–Kier alpha value is -1.66. The second-order valence-electron chi connectivity index (χ2n) is 5.07. The van der Waals surface area contributed by atoms with Crippen molar-refractivity contribution in [2.24, 2.45) is 0 Å². The molecule has 0 heterocycles. The van der Waals surface area contributed by atoms with Crippen LogP contribution in [0.2, 0.25) is 0 Å². The summed E-state index contributed by atoms with van der Waals surface area (Å²) in [6, 6.07) is 5.48. The van der Waals surface area contributed by atoms with Gasteiger partial charge in [-0.05, 0) is 38.1 Å². The van der Waals surface area contributed by atoms with Gasteiger partial charge in [-0.1, -0.05) is 0 Å². The van der Waals surface area contributed by atoms with Crippen molar-refractivity contribution in [3.8, 4) is 5.75 Å². The lowest BCUT2D eigenvalue weighted by Crippen LogP contribution is -2.50. The van der Waals surface area contributed by atoms with Crippen molar-refractivity contribution in [1.82, 2.24) is 4.90 Å². The number of aliphatic hydroxyl groups is 1. The van der Waals surface area contributed by atoms with Crippen LogP contribution in [0.15, 0.2) is 24.3 Å². The number of nitrogens with zero attached hydrogens (tertiary/aromatic N) is 1. The minimum absolute atomic E-state index is 0.137. The monoisotopic (exact) mass is 299 g/mol. The van der Waals surface area contributed by atoms with E-state index in [2.05, 4.69) is 0 Å². The van der Waals surface area contributed by atoms with Crippen LogP contribution in [-0.2, 0) is 9.53 Å². The van der Waals surface area contributed by atoms with Gasteiger partial charge in [0.15, 0.2) is 5.60 Å². The number of aliphatic hydroxyl groups excluding tert-OH is 1.